The summed E-state index contributed by atoms with van der Waals surface area (Å²) in [5.74, 6) is 3.25. The summed E-state index contributed by atoms with van der Waals surface area (Å²) in [5, 5.41) is 0.536. The lowest BCUT2D eigenvalue weighted by Crippen LogP contribution is -2.54. The van der Waals surface area contributed by atoms with Gasteiger partial charge in [0.15, 0.2) is 5.78 Å². The molecule has 0 amide bonds. The van der Waals surface area contributed by atoms with E-state index in [4.69, 9.17) is 0 Å². The molecule has 142 valence electrons. The molecule has 0 N–H and O–H groups in total. The van der Waals surface area contributed by atoms with Crippen LogP contribution in [0, 0.1) is 34.5 Å². The Kier molecular flexibility index (Phi) is 3.55. The fraction of sp³-hybridized carbons (Fsp3) is 0.826. The molecule has 4 fully saturated rings. The average molecular weight is 373 g/mol. The molecule has 3 aliphatic carbocycles. The molecular formula is C23H32O2S. The maximum absolute atomic E-state index is 12.3. The largest absolute Gasteiger partial charge is 0.300 e. The molecule has 3 heteroatoms. The van der Waals surface area contributed by atoms with E-state index in [0.717, 1.165) is 31.1 Å². The molecule has 5 aliphatic rings. The molecule has 2 saturated heterocycles. The minimum Gasteiger partial charge on any atom is -0.300 e. The van der Waals surface area contributed by atoms with Crippen LogP contribution in [0.4, 0.5) is 0 Å². The Labute approximate surface area is 161 Å². The normalized spacial score (nSPS) is 55.0. The van der Waals surface area contributed by atoms with E-state index in [0.29, 0.717) is 22.7 Å². The third kappa shape index (κ3) is 1.92. The fourth-order valence-corrected chi connectivity index (χ4v) is 10.6. The predicted octanol–water partition coefficient (Wildman–Crippen LogP) is 5.21. The molecule has 5 rings (SSSR count). The van der Waals surface area contributed by atoms with Gasteiger partial charge in [0.1, 0.15) is 5.78 Å². The van der Waals surface area contributed by atoms with Gasteiger partial charge in [0.25, 0.3) is 0 Å². The first-order chi connectivity index (χ1) is 12.2. The highest BCUT2D eigenvalue weighted by Crippen LogP contribution is 2.74. The van der Waals surface area contributed by atoms with Crippen LogP contribution >= 0.6 is 11.8 Å². The van der Waals surface area contributed by atoms with Crippen LogP contribution < -0.4 is 0 Å². The monoisotopic (exact) mass is 372 g/mol. The maximum atomic E-state index is 12.3. The smallest absolute Gasteiger partial charge is 0.155 e. The Bertz CT molecular complexity index is 726. The summed E-state index contributed by atoms with van der Waals surface area (Å²) in [6.07, 6.45) is 9.89. The zero-order valence-corrected chi connectivity index (χ0v) is 17.5. The van der Waals surface area contributed by atoms with Gasteiger partial charge in [0, 0.05) is 27.8 Å². The molecule has 2 aliphatic heterocycles. The molecule has 0 aromatic carbocycles. The molecular weight excluding hydrogens is 340 g/mol. The van der Waals surface area contributed by atoms with Crippen molar-refractivity contribution in [2.75, 3.05) is 0 Å². The number of thioether (sulfide) groups is 1. The molecule has 26 heavy (non-hydrogen) atoms. The Hall–Kier alpha value is -0.570. The Balaban J connectivity index is 1.56. The van der Waals surface area contributed by atoms with Crippen LogP contribution in [0.15, 0.2) is 11.6 Å². The first kappa shape index (κ1) is 17.5. The van der Waals surface area contributed by atoms with Crippen molar-refractivity contribution < 1.29 is 9.59 Å². The van der Waals surface area contributed by atoms with Crippen molar-refractivity contribution in [1.29, 1.82) is 0 Å². The molecule has 2 heterocycles. The van der Waals surface area contributed by atoms with Crippen LogP contribution in [-0.4, -0.2) is 21.6 Å². The molecule has 2 bridgehead atoms. The second-order valence-corrected chi connectivity index (χ2v) is 12.2. The van der Waals surface area contributed by atoms with Gasteiger partial charge in [-0.1, -0.05) is 13.8 Å². The molecule has 0 aromatic heterocycles. The first-order valence-corrected chi connectivity index (χ1v) is 11.5. The van der Waals surface area contributed by atoms with Crippen LogP contribution in [0.25, 0.3) is 0 Å². The molecule has 2 saturated carbocycles. The van der Waals surface area contributed by atoms with E-state index in [9.17, 15) is 9.59 Å². The fourth-order valence-electron chi connectivity index (χ4n) is 8.28. The van der Waals surface area contributed by atoms with E-state index in [2.05, 4.69) is 32.5 Å². The van der Waals surface area contributed by atoms with Gasteiger partial charge < -0.3 is 0 Å². The first-order valence-electron chi connectivity index (χ1n) is 10.6. The van der Waals surface area contributed by atoms with Crippen molar-refractivity contribution in [3.63, 3.8) is 0 Å². The number of fused-ring (bicyclic) bond motifs is 9. The van der Waals surface area contributed by atoms with Gasteiger partial charge >= 0.3 is 0 Å². The van der Waals surface area contributed by atoms with E-state index in [1.54, 1.807) is 0 Å². The van der Waals surface area contributed by atoms with Gasteiger partial charge in [-0.2, -0.15) is 0 Å². The summed E-state index contributed by atoms with van der Waals surface area (Å²) in [6, 6.07) is 0. The number of carbonyl (C=O) groups excluding carboxylic acids is 2. The highest BCUT2D eigenvalue weighted by atomic mass is 32.2. The number of allylic oxidation sites excluding steroid dienone is 1. The van der Waals surface area contributed by atoms with Crippen molar-refractivity contribution in [3.05, 3.63) is 11.6 Å². The number of carbonyl (C=O) groups is 2. The third-order valence-corrected chi connectivity index (χ3v) is 11.8. The summed E-state index contributed by atoms with van der Waals surface area (Å²) >= 11 is 2.20. The van der Waals surface area contributed by atoms with Crippen LogP contribution in [0.5, 0.6) is 0 Å². The van der Waals surface area contributed by atoms with Crippen LogP contribution in [-0.2, 0) is 9.59 Å². The number of Topliss-reactive ketones (excluding diaryl/α,β-unsaturated/α-hetero) is 1. The number of rotatable bonds is 1. The zero-order valence-electron chi connectivity index (χ0n) is 16.6. The lowest BCUT2D eigenvalue weighted by molar-refractivity contribution is -0.126. The topological polar surface area (TPSA) is 34.1 Å². The highest BCUT2D eigenvalue weighted by Gasteiger charge is 2.68. The van der Waals surface area contributed by atoms with Crippen molar-refractivity contribution in [3.8, 4) is 0 Å². The van der Waals surface area contributed by atoms with Crippen molar-refractivity contribution in [1.82, 2.24) is 0 Å². The summed E-state index contributed by atoms with van der Waals surface area (Å²) in [5.41, 5.74) is 1.89. The summed E-state index contributed by atoms with van der Waals surface area (Å²) in [6.45, 7) is 9.23. The van der Waals surface area contributed by atoms with Gasteiger partial charge in [0.05, 0.1) is 0 Å². The third-order valence-electron chi connectivity index (χ3n) is 9.78. The van der Waals surface area contributed by atoms with E-state index in [1.807, 2.05) is 13.0 Å². The maximum Gasteiger partial charge on any atom is 0.155 e. The second-order valence-electron chi connectivity index (χ2n) is 10.5. The standard InChI is InChI=1S/C23H32O2S/c1-13(24)16-5-6-17-15-12-20-19-11-14(25)7-10-22(19,3)23(4,26-20)18(15)8-9-21(16,17)2/h11,15-18,20H,5-10,12H2,1-4H3/t15?,16?,17?,18?,20-,21-,22+,23?/m1/s1. The molecule has 0 aromatic rings. The minimum absolute atomic E-state index is 0.196. The second kappa shape index (κ2) is 5.27. The van der Waals surface area contributed by atoms with Gasteiger partial charge in [-0.05, 0) is 87.2 Å². The summed E-state index contributed by atoms with van der Waals surface area (Å²) in [7, 11) is 0. The van der Waals surface area contributed by atoms with Gasteiger partial charge in [-0.15, -0.1) is 11.8 Å². The Morgan fingerprint density at radius 2 is 1.88 bits per heavy atom. The minimum atomic E-state index is 0.196. The Morgan fingerprint density at radius 3 is 2.62 bits per heavy atom. The van der Waals surface area contributed by atoms with E-state index >= 15 is 0 Å². The van der Waals surface area contributed by atoms with Crippen molar-refractivity contribution >= 4 is 23.3 Å². The van der Waals surface area contributed by atoms with E-state index in [-0.39, 0.29) is 21.5 Å². The Morgan fingerprint density at radius 1 is 1.12 bits per heavy atom. The van der Waals surface area contributed by atoms with Crippen LogP contribution in [0.2, 0.25) is 0 Å². The van der Waals surface area contributed by atoms with E-state index in [1.165, 1.54) is 31.3 Å². The average Bonchev–Trinajstić information content (AvgIpc) is 3.01. The van der Waals surface area contributed by atoms with Gasteiger partial charge in [-0.25, -0.2) is 0 Å². The molecule has 2 nitrogen and oxygen atoms in total. The van der Waals surface area contributed by atoms with Crippen LogP contribution in [0.3, 0.4) is 0 Å². The lowest BCUT2D eigenvalue weighted by atomic mass is 9.52. The lowest BCUT2D eigenvalue weighted by Gasteiger charge is -2.57. The quantitative estimate of drug-likeness (QED) is 0.634. The van der Waals surface area contributed by atoms with Gasteiger partial charge in [0.2, 0.25) is 0 Å². The number of hydrogen-bond donors (Lipinski definition) is 0. The molecule has 0 spiro atoms. The zero-order chi connectivity index (χ0) is 18.5. The predicted molar refractivity (Wildman–Crippen MR) is 106 cm³/mol. The van der Waals surface area contributed by atoms with Crippen molar-refractivity contribution in [2.45, 2.75) is 82.6 Å². The molecule has 0 radical (unpaired) electrons. The van der Waals surface area contributed by atoms with Crippen molar-refractivity contribution in [2.24, 2.45) is 34.5 Å². The molecule has 5 unspecified atom stereocenters. The summed E-state index contributed by atoms with van der Waals surface area (Å²) in [4.78, 5) is 24.5. The summed E-state index contributed by atoms with van der Waals surface area (Å²) < 4.78 is 0.267. The van der Waals surface area contributed by atoms with Gasteiger partial charge in [-0.3, -0.25) is 9.59 Å². The van der Waals surface area contributed by atoms with E-state index < -0.39 is 0 Å². The van der Waals surface area contributed by atoms with Crippen LogP contribution in [0.1, 0.15) is 72.6 Å². The SMILES string of the molecule is CC(=O)C1CCC2C3C[C@H]4SC(C)(C3CC[C@]12C)[C@@]1(C)CCC(=O)C=C41. The molecule has 8 atom stereocenters. The number of ketones is 2. The highest BCUT2D eigenvalue weighted by molar-refractivity contribution is 8.01. The number of hydrogen-bond acceptors (Lipinski definition) is 3.